The molecule has 0 spiro atoms. The minimum Gasteiger partial charge on any atom is -0.435 e. The van der Waals surface area contributed by atoms with Crippen LogP contribution in [0.2, 0.25) is 0 Å². The van der Waals surface area contributed by atoms with Crippen molar-refractivity contribution in [2.75, 3.05) is 6.54 Å². The molecular formula is C19H18F2N4O3. The molecule has 9 heteroatoms. The number of ether oxygens (including phenoxy) is 1. The number of aromatic amines is 1. The smallest absolute Gasteiger partial charge is 0.387 e. The minimum atomic E-state index is -2.93. The molecule has 146 valence electrons. The van der Waals surface area contributed by atoms with Crippen LogP contribution in [0.3, 0.4) is 0 Å². The third-order valence-corrected chi connectivity index (χ3v) is 3.95. The van der Waals surface area contributed by atoms with Crippen molar-refractivity contribution >= 4 is 22.8 Å². The van der Waals surface area contributed by atoms with Gasteiger partial charge in [-0.2, -0.15) is 8.78 Å². The molecule has 0 fully saturated rings. The summed E-state index contributed by atoms with van der Waals surface area (Å²) >= 11 is 0. The summed E-state index contributed by atoms with van der Waals surface area (Å²) in [7, 11) is 0. The Bertz CT molecular complexity index is 940. The third kappa shape index (κ3) is 4.81. The third-order valence-electron chi connectivity index (χ3n) is 3.95. The summed E-state index contributed by atoms with van der Waals surface area (Å²) < 4.78 is 28.5. The number of benzene rings is 2. The number of aromatic nitrogens is 2. The zero-order valence-corrected chi connectivity index (χ0v) is 14.9. The molecule has 0 saturated heterocycles. The minimum absolute atomic E-state index is 0.0519. The van der Waals surface area contributed by atoms with Crippen LogP contribution >= 0.6 is 0 Å². The van der Waals surface area contributed by atoms with E-state index < -0.39 is 12.5 Å². The molecule has 2 amide bonds. The fourth-order valence-electron chi connectivity index (χ4n) is 2.59. The van der Waals surface area contributed by atoms with Crippen LogP contribution in [0.25, 0.3) is 11.0 Å². The molecule has 0 unspecified atom stereocenters. The van der Waals surface area contributed by atoms with Gasteiger partial charge < -0.3 is 20.4 Å². The molecule has 3 rings (SSSR count). The Labute approximate surface area is 159 Å². The summed E-state index contributed by atoms with van der Waals surface area (Å²) in [6, 6.07) is 12.3. The van der Waals surface area contributed by atoms with E-state index in [4.69, 9.17) is 0 Å². The largest absolute Gasteiger partial charge is 0.435 e. The molecule has 3 N–H and O–H groups in total. The average molecular weight is 388 g/mol. The first-order chi connectivity index (χ1) is 13.4. The van der Waals surface area contributed by atoms with Gasteiger partial charge in [0, 0.05) is 5.56 Å². The number of rotatable bonds is 7. The van der Waals surface area contributed by atoms with Crippen LogP contribution < -0.4 is 15.4 Å². The molecule has 28 heavy (non-hydrogen) atoms. The summed E-state index contributed by atoms with van der Waals surface area (Å²) in [5.74, 6) is -0.339. The van der Waals surface area contributed by atoms with E-state index in [1.807, 2.05) is 24.3 Å². The maximum absolute atomic E-state index is 12.1. The van der Waals surface area contributed by atoms with E-state index in [-0.39, 0.29) is 29.8 Å². The molecule has 1 aromatic heterocycles. The molecular weight excluding hydrogens is 370 g/mol. The predicted molar refractivity (Wildman–Crippen MR) is 98.1 cm³/mol. The second-order valence-electron chi connectivity index (χ2n) is 6.01. The number of fused-ring (bicyclic) bond motifs is 1. The Hall–Kier alpha value is -3.49. The molecule has 0 bridgehead atoms. The number of carbonyl (C=O) groups is 2. The molecule has 3 aromatic rings. The number of amides is 2. The van der Waals surface area contributed by atoms with Crippen molar-refractivity contribution in [2.45, 2.75) is 19.6 Å². The fraction of sp³-hybridized carbons (Fsp3) is 0.211. The van der Waals surface area contributed by atoms with Crippen LogP contribution in [0.4, 0.5) is 8.78 Å². The number of hydrogen-bond donors (Lipinski definition) is 3. The predicted octanol–water partition coefficient (Wildman–Crippen LogP) is 2.77. The van der Waals surface area contributed by atoms with Gasteiger partial charge in [-0.25, -0.2) is 4.98 Å². The van der Waals surface area contributed by atoms with E-state index in [0.717, 1.165) is 11.0 Å². The number of imidazole rings is 1. The van der Waals surface area contributed by atoms with E-state index in [2.05, 4.69) is 25.3 Å². The highest BCUT2D eigenvalue weighted by atomic mass is 19.3. The summed E-state index contributed by atoms with van der Waals surface area (Å²) in [5, 5.41) is 5.22. The lowest BCUT2D eigenvalue weighted by molar-refractivity contribution is -0.120. The number of carbonyl (C=O) groups excluding carboxylic acids is 2. The van der Waals surface area contributed by atoms with Gasteiger partial charge in [0.1, 0.15) is 11.6 Å². The van der Waals surface area contributed by atoms with Gasteiger partial charge in [-0.3, -0.25) is 9.59 Å². The van der Waals surface area contributed by atoms with Crippen molar-refractivity contribution in [3.63, 3.8) is 0 Å². The van der Waals surface area contributed by atoms with Gasteiger partial charge in [-0.1, -0.05) is 12.1 Å². The van der Waals surface area contributed by atoms with Crippen LogP contribution in [-0.2, 0) is 4.79 Å². The highest BCUT2D eigenvalue weighted by molar-refractivity contribution is 5.96. The lowest BCUT2D eigenvalue weighted by Gasteiger charge is -2.12. The normalized spacial score (nSPS) is 12.0. The number of nitrogens with one attached hydrogen (secondary N) is 3. The first-order valence-electron chi connectivity index (χ1n) is 8.49. The second kappa shape index (κ2) is 8.47. The van der Waals surface area contributed by atoms with Gasteiger partial charge in [0.2, 0.25) is 5.91 Å². The molecule has 0 radical (unpaired) electrons. The Kier molecular flexibility index (Phi) is 5.83. The molecule has 0 saturated carbocycles. The molecule has 1 heterocycles. The number of para-hydroxylation sites is 2. The Morgan fingerprint density at radius 1 is 1.14 bits per heavy atom. The van der Waals surface area contributed by atoms with Gasteiger partial charge in [-0.05, 0) is 43.3 Å². The van der Waals surface area contributed by atoms with Gasteiger partial charge in [0.05, 0.1) is 23.6 Å². The van der Waals surface area contributed by atoms with E-state index in [9.17, 15) is 18.4 Å². The van der Waals surface area contributed by atoms with Crippen molar-refractivity contribution in [1.82, 2.24) is 20.6 Å². The van der Waals surface area contributed by atoms with Crippen molar-refractivity contribution in [3.8, 4) is 5.75 Å². The Morgan fingerprint density at radius 3 is 2.54 bits per heavy atom. The van der Waals surface area contributed by atoms with E-state index in [0.29, 0.717) is 5.82 Å². The van der Waals surface area contributed by atoms with Gasteiger partial charge in [0.25, 0.3) is 5.91 Å². The highest BCUT2D eigenvalue weighted by Crippen LogP contribution is 2.16. The molecule has 1 atom stereocenters. The van der Waals surface area contributed by atoms with Crippen molar-refractivity contribution in [1.29, 1.82) is 0 Å². The van der Waals surface area contributed by atoms with E-state index in [1.165, 1.54) is 24.3 Å². The van der Waals surface area contributed by atoms with Crippen LogP contribution in [0.1, 0.15) is 29.1 Å². The number of nitrogens with zero attached hydrogens (tertiary/aromatic N) is 1. The van der Waals surface area contributed by atoms with Gasteiger partial charge in [0.15, 0.2) is 0 Å². The Balaban J connectivity index is 1.51. The zero-order chi connectivity index (χ0) is 20.1. The number of alkyl halides is 2. The summed E-state index contributed by atoms with van der Waals surface area (Å²) in [6.07, 6.45) is 0. The van der Waals surface area contributed by atoms with Gasteiger partial charge in [-0.15, -0.1) is 0 Å². The first-order valence-corrected chi connectivity index (χ1v) is 8.49. The number of halogens is 2. The lowest BCUT2D eigenvalue weighted by atomic mass is 10.2. The number of hydrogen-bond acceptors (Lipinski definition) is 4. The molecule has 7 nitrogen and oxygen atoms in total. The van der Waals surface area contributed by atoms with Crippen LogP contribution in [0, 0.1) is 0 Å². The van der Waals surface area contributed by atoms with Crippen molar-refractivity contribution in [2.24, 2.45) is 0 Å². The molecule has 0 aliphatic heterocycles. The zero-order valence-electron chi connectivity index (χ0n) is 14.9. The summed E-state index contributed by atoms with van der Waals surface area (Å²) in [6.45, 7) is -1.39. The highest BCUT2D eigenvalue weighted by Gasteiger charge is 2.15. The monoisotopic (exact) mass is 388 g/mol. The molecule has 2 aromatic carbocycles. The SMILES string of the molecule is C[C@@H](NC(=O)CNC(=O)c1ccc(OC(F)F)cc1)c1nc2ccccc2[nH]1. The van der Waals surface area contributed by atoms with Crippen molar-refractivity contribution in [3.05, 3.63) is 59.9 Å². The summed E-state index contributed by atoms with van der Waals surface area (Å²) in [5.41, 5.74) is 1.89. The first kappa shape index (κ1) is 19.3. The number of H-pyrrole nitrogens is 1. The summed E-state index contributed by atoms with van der Waals surface area (Å²) in [4.78, 5) is 31.7. The standard InChI is InChI=1S/C19H18F2N4O3/c1-11(17-24-14-4-2-3-5-15(14)25-17)23-16(26)10-22-18(27)12-6-8-13(9-7-12)28-19(20)21/h2-9,11,19H,10H2,1H3,(H,22,27)(H,23,26)(H,24,25)/t11-/m1/s1. The van der Waals surface area contributed by atoms with E-state index in [1.54, 1.807) is 6.92 Å². The lowest BCUT2D eigenvalue weighted by Crippen LogP contribution is -2.38. The van der Waals surface area contributed by atoms with Crippen LogP contribution in [0.5, 0.6) is 5.75 Å². The quantitative estimate of drug-likeness (QED) is 0.580. The molecule has 0 aliphatic carbocycles. The fourth-order valence-corrected chi connectivity index (χ4v) is 2.59. The van der Waals surface area contributed by atoms with E-state index >= 15 is 0 Å². The van der Waals surface area contributed by atoms with Gasteiger partial charge >= 0.3 is 6.61 Å². The van der Waals surface area contributed by atoms with Crippen molar-refractivity contribution < 1.29 is 23.1 Å². The Morgan fingerprint density at radius 2 is 1.86 bits per heavy atom. The van der Waals surface area contributed by atoms with Crippen LogP contribution in [0.15, 0.2) is 48.5 Å². The maximum Gasteiger partial charge on any atom is 0.387 e. The molecule has 0 aliphatic rings. The second-order valence-corrected chi connectivity index (χ2v) is 6.01. The average Bonchev–Trinajstić information content (AvgIpc) is 3.10. The topological polar surface area (TPSA) is 96.1 Å². The van der Waals surface area contributed by atoms with Crippen LogP contribution in [-0.4, -0.2) is 34.9 Å². The maximum atomic E-state index is 12.1.